The van der Waals surface area contributed by atoms with Crippen LogP contribution < -0.4 is 10.5 Å². The van der Waals surface area contributed by atoms with E-state index in [2.05, 4.69) is 24.1 Å². The van der Waals surface area contributed by atoms with Crippen molar-refractivity contribution < 1.29 is 13.2 Å². The molecule has 1 unspecified atom stereocenters. The van der Waals surface area contributed by atoms with E-state index >= 15 is 0 Å². The van der Waals surface area contributed by atoms with Crippen molar-refractivity contribution >= 4 is 45.9 Å². The lowest BCUT2D eigenvalue weighted by atomic mass is 9.97. The summed E-state index contributed by atoms with van der Waals surface area (Å²) in [5.41, 5.74) is 0.869. The van der Waals surface area contributed by atoms with Gasteiger partial charge >= 0.3 is 0 Å². The van der Waals surface area contributed by atoms with Gasteiger partial charge in [-0.25, -0.2) is 18.5 Å². The van der Waals surface area contributed by atoms with Gasteiger partial charge < -0.3 is 15.1 Å². The molecule has 1 heterocycles. The molecule has 1 aromatic carbocycles. The van der Waals surface area contributed by atoms with E-state index in [1.165, 1.54) is 18.6 Å². The van der Waals surface area contributed by atoms with E-state index in [-0.39, 0.29) is 41.3 Å². The number of nitrogens with two attached hydrogens (primary N) is 1. The summed E-state index contributed by atoms with van der Waals surface area (Å²) in [5, 5.41) is 8.33. The summed E-state index contributed by atoms with van der Waals surface area (Å²) in [7, 11) is -0.256. The highest BCUT2D eigenvalue weighted by atomic mass is 127. The van der Waals surface area contributed by atoms with Gasteiger partial charge in [-0.3, -0.25) is 4.79 Å². The Morgan fingerprint density at radius 1 is 1.30 bits per heavy atom. The summed E-state index contributed by atoms with van der Waals surface area (Å²) in [6, 6.07) is 6.38. The Hall–Kier alpha value is -1.40. The number of rotatable bonds is 7. The molecule has 0 aromatic heterocycles. The second-order valence-electron chi connectivity index (χ2n) is 8.20. The number of nitrogens with zero attached hydrogens (tertiary/aromatic N) is 3. The first-order chi connectivity index (χ1) is 13.6. The first-order valence-electron chi connectivity index (χ1n) is 9.91. The number of carbonyl (C=O) groups excluding carboxylic acids is 1. The summed E-state index contributed by atoms with van der Waals surface area (Å²) in [5.74, 6) is 1.97. The number of hydrogen-bond donors (Lipinski definition) is 2. The van der Waals surface area contributed by atoms with Gasteiger partial charge in [-0.05, 0) is 42.4 Å². The molecule has 0 spiro atoms. The van der Waals surface area contributed by atoms with Crippen LogP contribution in [0.3, 0.4) is 0 Å². The van der Waals surface area contributed by atoms with Crippen LogP contribution in [0, 0.1) is 11.8 Å². The summed E-state index contributed by atoms with van der Waals surface area (Å²) in [6.45, 7) is 6.86. The quantitative estimate of drug-likeness (QED) is 0.306. The number of hydrogen-bond acceptors (Lipinski definition) is 4. The monoisotopic (exact) mass is 551 g/mol. The van der Waals surface area contributed by atoms with E-state index in [0.29, 0.717) is 24.3 Å². The highest BCUT2D eigenvalue weighted by molar-refractivity contribution is 14.0. The largest absolute Gasteiger partial charge is 0.347 e. The Morgan fingerprint density at radius 2 is 1.93 bits per heavy atom. The highest BCUT2D eigenvalue weighted by Gasteiger charge is 2.25. The van der Waals surface area contributed by atoms with Crippen LogP contribution in [0.4, 0.5) is 0 Å². The van der Waals surface area contributed by atoms with Crippen LogP contribution in [-0.2, 0) is 21.4 Å². The van der Waals surface area contributed by atoms with Crippen molar-refractivity contribution in [3.8, 4) is 0 Å². The van der Waals surface area contributed by atoms with Gasteiger partial charge in [0.2, 0.25) is 15.9 Å². The van der Waals surface area contributed by atoms with E-state index in [4.69, 9.17) is 10.1 Å². The van der Waals surface area contributed by atoms with E-state index in [1.807, 2.05) is 0 Å². The second-order valence-corrected chi connectivity index (χ2v) is 9.76. The fraction of sp³-hybridized carbons (Fsp3) is 0.600. The Balaban J connectivity index is 0.00000450. The van der Waals surface area contributed by atoms with E-state index in [0.717, 1.165) is 25.1 Å². The minimum Gasteiger partial charge on any atom is -0.347 e. The smallest absolute Gasteiger partial charge is 0.241 e. The number of sulfonamides is 1. The number of benzene rings is 1. The number of halogens is 1. The Bertz CT molecular complexity index is 825. The van der Waals surface area contributed by atoms with Crippen molar-refractivity contribution in [2.75, 3.05) is 33.7 Å². The van der Waals surface area contributed by atoms with Crippen molar-refractivity contribution in [3.05, 3.63) is 29.8 Å². The third-order valence-electron chi connectivity index (χ3n) is 4.95. The summed E-state index contributed by atoms with van der Waals surface area (Å²) in [6.07, 6.45) is 2.29. The average Bonchev–Trinajstić information content (AvgIpc) is 3.08. The molecule has 1 aromatic rings. The summed E-state index contributed by atoms with van der Waals surface area (Å²) in [4.78, 5) is 20.5. The molecule has 0 bridgehead atoms. The molecular formula is C20H34IN5O3S. The number of likely N-dealkylation sites (tertiary alicyclic amines) is 1. The topological polar surface area (TPSA) is 108 Å². The van der Waals surface area contributed by atoms with Crippen molar-refractivity contribution in [1.29, 1.82) is 0 Å². The molecular weight excluding hydrogens is 517 g/mol. The predicted molar refractivity (Wildman–Crippen MR) is 130 cm³/mol. The van der Waals surface area contributed by atoms with E-state index in [1.54, 1.807) is 31.1 Å². The molecule has 0 aliphatic carbocycles. The zero-order valence-electron chi connectivity index (χ0n) is 18.2. The van der Waals surface area contributed by atoms with E-state index in [9.17, 15) is 13.2 Å². The maximum atomic E-state index is 12.0. The van der Waals surface area contributed by atoms with Crippen LogP contribution >= 0.6 is 24.0 Å². The maximum absolute atomic E-state index is 12.0. The lowest BCUT2D eigenvalue weighted by molar-refractivity contribution is -0.127. The molecule has 1 saturated heterocycles. The Morgan fingerprint density at radius 3 is 2.47 bits per heavy atom. The number of likely N-dealkylation sites (N-methyl/N-ethyl adjacent to an activating group) is 1. The molecule has 1 atom stereocenters. The standard InChI is InChI=1S/C20H33N5O3S.HI/c1-15(2)11-17-9-10-25(14-17)20(23-13-19(26)24(3)4)22-12-16-5-7-18(8-6-16)29(21,27)28;/h5-8,15,17H,9-14H2,1-4H3,(H,22,23)(H2,21,27,28);1H. The Kier molecular flexibility index (Phi) is 10.5. The molecule has 2 rings (SSSR count). The third kappa shape index (κ3) is 8.38. The van der Waals surface area contributed by atoms with Crippen molar-refractivity contribution in [2.45, 2.75) is 38.1 Å². The van der Waals surface area contributed by atoms with Crippen LogP contribution in [0.25, 0.3) is 0 Å². The van der Waals surface area contributed by atoms with Gasteiger partial charge in [0.1, 0.15) is 0 Å². The zero-order chi connectivity index (χ0) is 21.6. The lowest BCUT2D eigenvalue weighted by Gasteiger charge is -2.23. The molecule has 0 saturated carbocycles. The minimum atomic E-state index is -3.70. The van der Waals surface area contributed by atoms with E-state index < -0.39 is 10.0 Å². The number of primary sulfonamides is 1. The van der Waals surface area contributed by atoms with Gasteiger partial charge in [-0.2, -0.15) is 0 Å². The van der Waals surface area contributed by atoms with Crippen LogP contribution in [-0.4, -0.2) is 63.8 Å². The van der Waals surface area contributed by atoms with Gasteiger partial charge in [0, 0.05) is 27.2 Å². The number of amides is 1. The Labute approximate surface area is 197 Å². The number of guanidine groups is 1. The normalized spacial score (nSPS) is 17.1. The average molecular weight is 551 g/mol. The predicted octanol–water partition coefficient (Wildman–Crippen LogP) is 1.85. The number of aliphatic imine (C=N–C) groups is 1. The second kappa shape index (κ2) is 11.8. The highest BCUT2D eigenvalue weighted by Crippen LogP contribution is 2.23. The fourth-order valence-electron chi connectivity index (χ4n) is 3.42. The van der Waals surface area contributed by atoms with Crippen LogP contribution in [0.2, 0.25) is 0 Å². The molecule has 10 heteroatoms. The number of carbonyl (C=O) groups is 1. The van der Waals surface area contributed by atoms with Crippen molar-refractivity contribution in [2.24, 2.45) is 22.0 Å². The molecule has 1 fully saturated rings. The fourth-order valence-corrected chi connectivity index (χ4v) is 3.93. The van der Waals surface area contributed by atoms with Crippen LogP contribution in [0.5, 0.6) is 0 Å². The lowest BCUT2D eigenvalue weighted by Crippen LogP contribution is -2.44. The molecule has 3 N–H and O–H groups in total. The van der Waals surface area contributed by atoms with Crippen LogP contribution in [0.15, 0.2) is 34.2 Å². The van der Waals surface area contributed by atoms with Gasteiger partial charge in [0.05, 0.1) is 18.0 Å². The first kappa shape index (κ1) is 26.6. The number of nitrogens with one attached hydrogen (secondary N) is 1. The molecule has 30 heavy (non-hydrogen) atoms. The minimum absolute atomic E-state index is 0. The molecule has 170 valence electrons. The molecule has 1 aliphatic heterocycles. The van der Waals surface area contributed by atoms with Crippen LogP contribution in [0.1, 0.15) is 32.3 Å². The zero-order valence-corrected chi connectivity index (χ0v) is 21.3. The maximum Gasteiger partial charge on any atom is 0.241 e. The van der Waals surface area contributed by atoms with Gasteiger partial charge in [0.25, 0.3) is 0 Å². The van der Waals surface area contributed by atoms with Crippen molar-refractivity contribution in [1.82, 2.24) is 15.1 Å². The SMILES string of the molecule is CC(C)CC1CCN(C(=NCc2ccc(S(N)(=O)=O)cc2)NCC(=O)N(C)C)C1.I. The first-order valence-corrected chi connectivity index (χ1v) is 11.5. The third-order valence-corrected chi connectivity index (χ3v) is 5.88. The van der Waals surface area contributed by atoms with Gasteiger partial charge in [-0.15, -0.1) is 24.0 Å². The molecule has 8 nitrogen and oxygen atoms in total. The summed E-state index contributed by atoms with van der Waals surface area (Å²) >= 11 is 0. The van der Waals surface area contributed by atoms with Gasteiger partial charge in [-0.1, -0.05) is 26.0 Å². The van der Waals surface area contributed by atoms with Gasteiger partial charge in [0.15, 0.2) is 5.96 Å². The molecule has 1 aliphatic rings. The van der Waals surface area contributed by atoms with Crippen molar-refractivity contribution in [3.63, 3.8) is 0 Å². The molecule has 0 radical (unpaired) electrons. The molecule has 1 amide bonds. The summed E-state index contributed by atoms with van der Waals surface area (Å²) < 4.78 is 22.8.